The second-order valence-corrected chi connectivity index (χ2v) is 5.12. The lowest BCUT2D eigenvalue weighted by molar-refractivity contribution is -0.671. The zero-order valence-electron chi connectivity index (χ0n) is 11.8. The van der Waals surface area contributed by atoms with Gasteiger partial charge in [0.25, 0.3) is 0 Å². The first-order chi connectivity index (χ1) is 9.69. The van der Waals surface area contributed by atoms with E-state index in [0.717, 1.165) is 24.5 Å². The van der Waals surface area contributed by atoms with E-state index in [1.807, 2.05) is 35.6 Å². The third-order valence-electron chi connectivity index (χ3n) is 3.20. The second-order valence-electron chi connectivity index (χ2n) is 5.12. The summed E-state index contributed by atoms with van der Waals surface area (Å²) in [5.41, 5.74) is 2.16. The first-order valence-electron chi connectivity index (χ1n) is 6.66. The molecular formula is C16H23N5+2. The molecule has 0 N–H and O–H groups in total. The standard InChI is InChI=1S/C15H19N5.CH4/c1-17-6-8-19(12-17)10-14-4-3-5-15(16-14)11-20-9-7-18(2)13-20;/h3-9,12-13H,10-11H2,1-2H3;1H4/q+2;. The Labute approximate surface area is 125 Å². The van der Waals surface area contributed by atoms with Crippen LogP contribution in [0.15, 0.2) is 55.6 Å². The Morgan fingerprint density at radius 1 is 0.905 bits per heavy atom. The van der Waals surface area contributed by atoms with Gasteiger partial charge < -0.3 is 0 Å². The molecule has 0 aliphatic heterocycles. The van der Waals surface area contributed by atoms with Crippen LogP contribution in [0.5, 0.6) is 0 Å². The van der Waals surface area contributed by atoms with Crippen molar-refractivity contribution in [2.75, 3.05) is 0 Å². The van der Waals surface area contributed by atoms with Gasteiger partial charge in [-0.2, -0.15) is 0 Å². The lowest BCUT2D eigenvalue weighted by Crippen LogP contribution is -2.24. The molecule has 0 aliphatic rings. The molecule has 0 bridgehead atoms. The fourth-order valence-corrected chi connectivity index (χ4v) is 2.27. The van der Waals surface area contributed by atoms with Gasteiger partial charge in [-0.3, -0.25) is 0 Å². The van der Waals surface area contributed by atoms with E-state index in [2.05, 4.69) is 52.4 Å². The highest BCUT2D eigenvalue weighted by Crippen LogP contribution is 2.03. The van der Waals surface area contributed by atoms with Gasteiger partial charge in [-0.1, -0.05) is 13.5 Å². The predicted octanol–water partition coefficient (Wildman–Crippen LogP) is 1.07. The van der Waals surface area contributed by atoms with E-state index in [9.17, 15) is 0 Å². The van der Waals surface area contributed by atoms with E-state index in [0.29, 0.717) is 0 Å². The van der Waals surface area contributed by atoms with Crippen LogP contribution in [0, 0.1) is 0 Å². The second kappa shape index (κ2) is 6.35. The largest absolute Gasteiger partial charge is 0.250 e. The Kier molecular flexibility index (Phi) is 4.52. The minimum Gasteiger partial charge on any atom is -0.250 e. The molecule has 5 heteroatoms. The van der Waals surface area contributed by atoms with E-state index in [4.69, 9.17) is 4.98 Å². The molecule has 3 aromatic heterocycles. The normalized spacial score (nSPS) is 10.4. The van der Waals surface area contributed by atoms with Crippen molar-refractivity contribution in [2.45, 2.75) is 20.5 Å². The molecule has 0 atom stereocenters. The highest BCUT2D eigenvalue weighted by molar-refractivity contribution is 5.12. The van der Waals surface area contributed by atoms with Gasteiger partial charge >= 0.3 is 0 Å². The van der Waals surface area contributed by atoms with Gasteiger partial charge in [-0.25, -0.2) is 23.3 Å². The summed E-state index contributed by atoms with van der Waals surface area (Å²) in [6.07, 6.45) is 12.3. The van der Waals surface area contributed by atoms with Crippen LogP contribution in [0.3, 0.4) is 0 Å². The van der Waals surface area contributed by atoms with Crippen LogP contribution in [-0.2, 0) is 27.2 Å². The molecule has 0 saturated carbocycles. The molecular weight excluding hydrogens is 262 g/mol. The number of hydrogen-bond donors (Lipinski definition) is 0. The molecule has 0 aromatic carbocycles. The fraction of sp³-hybridized carbons (Fsp3) is 0.312. The molecule has 0 saturated heterocycles. The number of hydrogen-bond acceptors (Lipinski definition) is 1. The Balaban J connectivity index is 0.00000161. The van der Waals surface area contributed by atoms with Crippen molar-refractivity contribution >= 4 is 0 Å². The third-order valence-corrected chi connectivity index (χ3v) is 3.20. The molecule has 3 heterocycles. The summed E-state index contributed by atoms with van der Waals surface area (Å²) in [5.74, 6) is 0. The fourth-order valence-electron chi connectivity index (χ4n) is 2.27. The van der Waals surface area contributed by atoms with Crippen LogP contribution in [0.2, 0.25) is 0 Å². The minimum absolute atomic E-state index is 0. The van der Waals surface area contributed by atoms with Crippen molar-refractivity contribution in [3.05, 3.63) is 67.0 Å². The highest BCUT2D eigenvalue weighted by Gasteiger charge is 2.06. The van der Waals surface area contributed by atoms with Crippen LogP contribution in [0.1, 0.15) is 18.8 Å². The summed E-state index contributed by atoms with van der Waals surface area (Å²) in [6, 6.07) is 6.21. The summed E-state index contributed by atoms with van der Waals surface area (Å²) >= 11 is 0. The maximum Gasteiger partial charge on any atom is 0.243 e. The summed E-state index contributed by atoms with van der Waals surface area (Å²) < 4.78 is 8.32. The smallest absolute Gasteiger partial charge is 0.243 e. The highest BCUT2D eigenvalue weighted by atomic mass is 15.1. The number of rotatable bonds is 4. The molecule has 3 aromatic rings. The lowest BCUT2D eigenvalue weighted by atomic mass is 10.3. The molecule has 0 radical (unpaired) electrons. The van der Waals surface area contributed by atoms with Crippen molar-refractivity contribution in [1.29, 1.82) is 0 Å². The zero-order valence-corrected chi connectivity index (χ0v) is 11.8. The van der Waals surface area contributed by atoms with E-state index in [1.165, 1.54) is 0 Å². The Bertz CT molecular complexity index is 653. The summed E-state index contributed by atoms with van der Waals surface area (Å²) in [4.78, 5) is 4.72. The van der Waals surface area contributed by atoms with Gasteiger partial charge in [0.2, 0.25) is 12.7 Å². The molecule has 110 valence electrons. The Hall–Kier alpha value is -2.43. The molecule has 0 aliphatic carbocycles. The quantitative estimate of drug-likeness (QED) is 0.660. The summed E-state index contributed by atoms with van der Waals surface area (Å²) in [6.45, 7) is 1.60. The van der Waals surface area contributed by atoms with Gasteiger partial charge in [-0.05, 0) is 12.1 Å². The van der Waals surface area contributed by atoms with Crippen molar-refractivity contribution in [1.82, 2.24) is 14.1 Å². The van der Waals surface area contributed by atoms with Crippen LogP contribution in [0.25, 0.3) is 0 Å². The number of nitrogens with zero attached hydrogens (tertiary/aromatic N) is 5. The van der Waals surface area contributed by atoms with Crippen molar-refractivity contribution in [2.24, 2.45) is 14.1 Å². The van der Waals surface area contributed by atoms with E-state index >= 15 is 0 Å². The monoisotopic (exact) mass is 285 g/mol. The molecule has 21 heavy (non-hydrogen) atoms. The number of pyridine rings is 1. The third kappa shape index (κ3) is 3.78. The lowest BCUT2D eigenvalue weighted by Gasteiger charge is -2.01. The Morgan fingerprint density at radius 2 is 1.38 bits per heavy atom. The first-order valence-corrected chi connectivity index (χ1v) is 6.66. The average Bonchev–Trinajstić information content (AvgIpc) is 2.99. The topological polar surface area (TPSA) is 30.5 Å². The molecule has 5 nitrogen and oxygen atoms in total. The van der Waals surface area contributed by atoms with Crippen molar-refractivity contribution in [3.8, 4) is 0 Å². The maximum atomic E-state index is 4.72. The van der Waals surface area contributed by atoms with Gasteiger partial charge in [0.1, 0.15) is 37.9 Å². The molecule has 0 unspecified atom stereocenters. The SMILES string of the molecule is C.C[n+]1ccn(Cc2cccc(Cn3cc[n+](C)c3)n2)c1. The summed E-state index contributed by atoms with van der Waals surface area (Å²) in [7, 11) is 4.04. The van der Waals surface area contributed by atoms with Crippen LogP contribution >= 0.6 is 0 Å². The van der Waals surface area contributed by atoms with Gasteiger partial charge in [0.15, 0.2) is 0 Å². The van der Waals surface area contributed by atoms with E-state index in [1.54, 1.807) is 0 Å². The minimum atomic E-state index is 0. The van der Waals surface area contributed by atoms with Gasteiger partial charge in [-0.15, -0.1) is 0 Å². The molecule has 3 rings (SSSR count). The maximum absolute atomic E-state index is 4.72. The van der Waals surface area contributed by atoms with Crippen molar-refractivity contribution < 1.29 is 9.13 Å². The van der Waals surface area contributed by atoms with Crippen LogP contribution in [0.4, 0.5) is 0 Å². The Morgan fingerprint density at radius 3 is 1.76 bits per heavy atom. The molecule has 0 fully saturated rings. The van der Waals surface area contributed by atoms with Gasteiger partial charge in [0.05, 0.1) is 25.5 Å². The number of imidazole rings is 2. The van der Waals surface area contributed by atoms with E-state index < -0.39 is 0 Å². The average molecular weight is 285 g/mol. The molecule has 0 spiro atoms. The predicted molar refractivity (Wildman–Crippen MR) is 80.4 cm³/mol. The van der Waals surface area contributed by atoms with Gasteiger partial charge in [0, 0.05) is 0 Å². The first kappa shape index (κ1) is 15.0. The van der Waals surface area contributed by atoms with Crippen LogP contribution < -0.4 is 9.13 Å². The number of aryl methyl sites for hydroxylation is 2. The van der Waals surface area contributed by atoms with E-state index in [-0.39, 0.29) is 7.43 Å². The zero-order chi connectivity index (χ0) is 13.9. The van der Waals surface area contributed by atoms with Crippen molar-refractivity contribution in [3.63, 3.8) is 0 Å². The van der Waals surface area contributed by atoms with Crippen LogP contribution in [-0.4, -0.2) is 14.1 Å². The summed E-state index contributed by atoms with van der Waals surface area (Å²) in [5, 5.41) is 0. The molecule has 0 amide bonds. The number of aromatic nitrogens is 5.